The van der Waals surface area contributed by atoms with E-state index in [9.17, 15) is 4.79 Å². The van der Waals surface area contributed by atoms with Gasteiger partial charge >= 0.3 is 5.97 Å². The highest BCUT2D eigenvalue weighted by Gasteiger charge is 2.27. The Hall–Kier alpha value is -3.46. The second-order valence-corrected chi connectivity index (χ2v) is 7.14. The molecule has 0 saturated carbocycles. The molecule has 1 aliphatic rings. The molecule has 28 heavy (non-hydrogen) atoms. The van der Waals surface area contributed by atoms with Crippen LogP contribution in [-0.2, 0) is 4.79 Å². The van der Waals surface area contributed by atoms with Gasteiger partial charge in [0.15, 0.2) is 5.65 Å². The lowest BCUT2D eigenvalue weighted by Gasteiger charge is -2.27. The number of aromatic nitrogens is 5. The summed E-state index contributed by atoms with van der Waals surface area (Å²) < 4.78 is 1.63. The summed E-state index contributed by atoms with van der Waals surface area (Å²) in [6, 6.07) is 7.36. The normalized spacial score (nSPS) is 20.0. The number of fused-ring (bicyclic) bond motifs is 2. The van der Waals surface area contributed by atoms with Gasteiger partial charge in [0.05, 0.1) is 23.6 Å². The number of benzene rings is 1. The summed E-state index contributed by atoms with van der Waals surface area (Å²) in [5, 5.41) is 24.7. The van der Waals surface area contributed by atoms with Crippen molar-refractivity contribution in [3.8, 4) is 11.1 Å². The summed E-state index contributed by atoms with van der Waals surface area (Å²) in [5.41, 5.74) is 10.6. The summed E-state index contributed by atoms with van der Waals surface area (Å²) in [4.78, 5) is 16.0. The molecule has 2 atom stereocenters. The van der Waals surface area contributed by atoms with E-state index < -0.39 is 12.0 Å². The molecule has 0 amide bonds. The van der Waals surface area contributed by atoms with Crippen LogP contribution in [0, 0.1) is 0 Å². The third kappa shape index (κ3) is 2.67. The van der Waals surface area contributed by atoms with E-state index in [1.54, 1.807) is 16.9 Å². The van der Waals surface area contributed by atoms with Crippen molar-refractivity contribution >= 4 is 28.3 Å². The number of anilines is 1. The average Bonchev–Trinajstić information content (AvgIpc) is 3.34. The van der Waals surface area contributed by atoms with Gasteiger partial charge in [-0.15, -0.1) is 0 Å². The fourth-order valence-corrected chi connectivity index (χ4v) is 3.85. The molecule has 4 aromatic rings. The maximum atomic E-state index is 11.2. The van der Waals surface area contributed by atoms with E-state index in [2.05, 4.69) is 20.6 Å². The fraction of sp³-hybridized carbons (Fsp3) is 0.263. The second kappa shape index (κ2) is 6.31. The smallest absolute Gasteiger partial charge is 0.320 e. The fourth-order valence-electron chi connectivity index (χ4n) is 3.85. The van der Waals surface area contributed by atoms with Gasteiger partial charge < -0.3 is 16.2 Å². The molecule has 2 unspecified atom stereocenters. The zero-order valence-corrected chi connectivity index (χ0v) is 15.0. The van der Waals surface area contributed by atoms with E-state index >= 15 is 0 Å². The molecule has 142 valence electrons. The van der Waals surface area contributed by atoms with Crippen LogP contribution < -0.4 is 11.1 Å². The van der Waals surface area contributed by atoms with E-state index in [4.69, 9.17) is 15.8 Å². The third-order valence-corrected chi connectivity index (χ3v) is 5.40. The predicted octanol–water partition coefficient (Wildman–Crippen LogP) is 1.77. The Labute approximate surface area is 159 Å². The number of piperidine rings is 1. The van der Waals surface area contributed by atoms with Crippen molar-refractivity contribution in [1.82, 2.24) is 30.1 Å². The van der Waals surface area contributed by atoms with Crippen molar-refractivity contribution < 1.29 is 9.90 Å². The Morgan fingerprint density at radius 2 is 2.14 bits per heavy atom. The highest BCUT2D eigenvalue weighted by molar-refractivity contribution is 5.87. The Morgan fingerprint density at radius 3 is 2.93 bits per heavy atom. The van der Waals surface area contributed by atoms with Gasteiger partial charge in [-0.1, -0.05) is 6.07 Å². The van der Waals surface area contributed by atoms with Gasteiger partial charge in [-0.2, -0.15) is 14.7 Å². The molecule has 9 heteroatoms. The molecule has 4 heterocycles. The number of nitrogens with zero attached hydrogens (tertiary/aromatic N) is 4. The predicted molar refractivity (Wildman–Crippen MR) is 104 cm³/mol. The van der Waals surface area contributed by atoms with Crippen LogP contribution in [0.2, 0.25) is 0 Å². The number of nitrogen functional groups attached to an aromatic ring is 1. The number of nitrogens with one attached hydrogen (secondary N) is 2. The molecule has 1 fully saturated rings. The zero-order chi connectivity index (χ0) is 19.3. The molecule has 0 bridgehead atoms. The topological polar surface area (TPSA) is 134 Å². The molecule has 1 aliphatic heterocycles. The van der Waals surface area contributed by atoms with Gasteiger partial charge in [-0.25, -0.2) is 4.98 Å². The zero-order valence-electron chi connectivity index (χ0n) is 15.0. The first-order chi connectivity index (χ1) is 13.6. The number of carboxylic acid groups (broad SMARTS) is 1. The number of carbonyl (C=O) groups is 1. The summed E-state index contributed by atoms with van der Waals surface area (Å²) in [5.74, 6) is -0.188. The van der Waals surface area contributed by atoms with E-state index in [1.165, 1.54) is 0 Å². The van der Waals surface area contributed by atoms with Crippen LogP contribution >= 0.6 is 0 Å². The molecule has 0 radical (unpaired) electrons. The standard InChI is InChI=1S/C19H19N7O2/c20-17-6-16(11-2-4-15(19(27)28)21-7-11)24-18-13(9-23-26(17)18)10-1-3-14-12(5-10)8-22-25-14/h1,3,5-6,8-9,11,15,21H,2,4,7,20H2,(H,22,25)(H,27,28). The Morgan fingerprint density at radius 1 is 1.25 bits per heavy atom. The van der Waals surface area contributed by atoms with Crippen LogP contribution in [-0.4, -0.2) is 48.5 Å². The molecule has 1 saturated heterocycles. The number of hydrogen-bond donors (Lipinski definition) is 4. The SMILES string of the molecule is Nc1cc(C2CCC(C(=O)O)NC2)nc2c(-c3ccc4[nH]ncc4c3)cnn12. The van der Waals surface area contributed by atoms with E-state index in [-0.39, 0.29) is 5.92 Å². The van der Waals surface area contributed by atoms with Crippen LogP contribution in [0.3, 0.4) is 0 Å². The van der Waals surface area contributed by atoms with Crippen LogP contribution in [0.25, 0.3) is 27.7 Å². The molecular formula is C19H19N7O2. The van der Waals surface area contributed by atoms with Crippen molar-refractivity contribution in [3.63, 3.8) is 0 Å². The average molecular weight is 377 g/mol. The highest BCUT2D eigenvalue weighted by atomic mass is 16.4. The molecular weight excluding hydrogens is 358 g/mol. The van der Waals surface area contributed by atoms with Gasteiger partial charge in [0.1, 0.15) is 11.9 Å². The van der Waals surface area contributed by atoms with E-state index in [0.29, 0.717) is 24.4 Å². The van der Waals surface area contributed by atoms with Crippen LogP contribution in [0.15, 0.2) is 36.7 Å². The second-order valence-electron chi connectivity index (χ2n) is 7.14. The lowest BCUT2D eigenvalue weighted by Crippen LogP contribution is -2.43. The summed E-state index contributed by atoms with van der Waals surface area (Å²) in [7, 11) is 0. The first-order valence-corrected chi connectivity index (χ1v) is 9.14. The van der Waals surface area contributed by atoms with E-state index in [0.717, 1.165) is 34.1 Å². The van der Waals surface area contributed by atoms with Crippen LogP contribution in [0.5, 0.6) is 0 Å². The number of nitrogens with two attached hydrogens (primary N) is 1. The quantitative estimate of drug-likeness (QED) is 0.427. The van der Waals surface area contributed by atoms with Gasteiger partial charge in [-0.05, 0) is 30.5 Å². The molecule has 1 aromatic carbocycles. The maximum absolute atomic E-state index is 11.2. The van der Waals surface area contributed by atoms with Crippen LogP contribution in [0.4, 0.5) is 5.82 Å². The Balaban J connectivity index is 1.54. The summed E-state index contributed by atoms with van der Waals surface area (Å²) in [6.45, 7) is 0.560. The largest absolute Gasteiger partial charge is 0.480 e. The van der Waals surface area contributed by atoms with Crippen molar-refractivity contribution in [1.29, 1.82) is 0 Å². The number of H-pyrrole nitrogens is 1. The number of hydrogen-bond acceptors (Lipinski definition) is 6. The number of rotatable bonds is 3. The Kier molecular flexibility index (Phi) is 3.76. The molecule has 5 rings (SSSR count). The highest BCUT2D eigenvalue weighted by Crippen LogP contribution is 2.30. The minimum atomic E-state index is -0.811. The first kappa shape index (κ1) is 16.7. The van der Waals surface area contributed by atoms with E-state index in [1.807, 2.05) is 24.3 Å². The minimum Gasteiger partial charge on any atom is -0.480 e. The first-order valence-electron chi connectivity index (χ1n) is 9.14. The lowest BCUT2D eigenvalue weighted by molar-refractivity contribution is -0.140. The third-order valence-electron chi connectivity index (χ3n) is 5.40. The van der Waals surface area contributed by atoms with Crippen molar-refractivity contribution in [2.24, 2.45) is 0 Å². The van der Waals surface area contributed by atoms with Gasteiger partial charge in [0.2, 0.25) is 0 Å². The van der Waals surface area contributed by atoms with Gasteiger partial charge in [-0.3, -0.25) is 9.89 Å². The number of aromatic amines is 1. The van der Waals surface area contributed by atoms with Crippen molar-refractivity contribution in [2.75, 3.05) is 12.3 Å². The molecule has 0 spiro atoms. The Bertz CT molecular complexity index is 1190. The lowest BCUT2D eigenvalue weighted by atomic mass is 9.92. The van der Waals surface area contributed by atoms with Gasteiger partial charge in [0, 0.05) is 29.5 Å². The van der Waals surface area contributed by atoms with Gasteiger partial charge in [0.25, 0.3) is 0 Å². The van der Waals surface area contributed by atoms with Crippen molar-refractivity contribution in [2.45, 2.75) is 24.8 Å². The molecule has 3 aromatic heterocycles. The monoisotopic (exact) mass is 377 g/mol. The summed E-state index contributed by atoms with van der Waals surface area (Å²) in [6.07, 6.45) is 4.86. The van der Waals surface area contributed by atoms with Crippen molar-refractivity contribution in [3.05, 3.63) is 42.4 Å². The molecule has 5 N–H and O–H groups in total. The summed E-state index contributed by atoms with van der Waals surface area (Å²) >= 11 is 0. The number of carboxylic acids is 1. The van der Waals surface area contributed by atoms with Crippen LogP contribution in [0.1, 0.15) is 24.5 Å². The molecule has 9 nitrogen and oxygen atoms in total. The molecule has 0 aliphatic carbocycles. The number of aliphatic carboxylic acids is 1. The maximum Gasteiger partial charge on any atom is 0.320 e. The minimum absolute atomic E-state index is 0.113.